The Bertz CT molecular complexity index is 396. The molecule has 4 heteroatoms. The van der Waals surface area contributed by atoms with Gasteiger partial charge >= 0.3 is 0 Å². The summed E-state index contributed by atoms with van der Waals surface area (Å²) in [5.41, 5.74) is 1.02. The molecular weight excluding hydrogens is 230 g/mol. The maximum absolute atomic E-state index is 12.0. The Kier molecular flexibility index (Phi) is 4.20. The van der Waals surface area contributed by atoms with E-state index >= 15 is 0 Å². The van der Waals surface area contributed by atoms with E-state index in [1.54, 1.807) is 7.11 Å². The third kappa shape index (κ3) is 3.01. The summed E-state index contributed by atoms with van der Waals surface area (Å²) in [7, 11) is 3.57. The molecule has 0 N–H and O–H groups in total. The number of carbonyl (C=O) groups is 1. The Morgan fingerprint density at radius 2 is 2.17 bits per heavy atom. The first-order valence-corrected chi connectivity index (χ1v) is 6.16. The van der Waals surface area contributed by atoms with Gasteiger partial charge in [0.15, 0.2) is 5.78 Å². The highest BCUT2D eigenvalue weighted by molar-refractivity contribution is 5.85. The number of methoxy groups -OCH3 is 1. The smallest absolute Gasteiger partial charge is 0.157 e. The SMILES string of the molecule is COc1ccc(N(C)CC(=O)C2CCOC2)cc1. The van der Waals surface area contributed by atoms with Gasteiger partial charge in [-0.3, -0.25) is 4.79 Å². The predicted octanol–water partition coefficient (Wildman–Crippen LogP) is 1.74. The van der Waals surface area contributed by atoms with Crippen molar-refractivity contribution in [3.8, 4) is 5.75 Å². The molecule has 98 valence electrons. The Balaban J connectivity index is 1.93. The van der Waals surface area contributed by atoms with Crippen LogP contribution in [0.4, 0.5) is 5.69 Å². The molecule has 1 aliphatic heterocycles. The van der Waals surface area contributed by atoms with Gasteiger partial charge in [-0.05, 0) is 30.7 Å². The standard InChI is InChI=1S/C14H19NO3/c1-15(9-14(16)11-7-8-18-10-11)12-3-5-13(17-2)6-4-12/h3-6,11H,7-10H2,1-2H3. The number of ether oxygens (including phenoxy) is 2. The number of likely N-dealkylation sites (N-methyl/N-ethyl adjacent to an activating group) is 1. The van der Waals surface area contributed by atoms with Gasteiger partial charge in [0.05, 0.1) is 20.3 Å². The monoisotopic (exact) mass is 249 g/mol. The molecule has 0 aliphatic carbocycles. The van der Waals surface area contributed by atoms with Crippen LogP contribution in [-0.2, 0) is 9.53 Å². The lowest BCUT2D eigenvalue weighted by atomic mass is 10.0. The molecule has 0 radical (unpaired) electrons. The highest BCUT2D eigenvalue weighted by Crippen LogP contribution is 2.19. The number of ketones is 1. The summed E-state index contributed by atoms with van der Waals surface area (Å²) >= 11 is 0. The van der Waals surface area contributed by atoms with Crippen molar-refractivity contribution in [2.75, 3.05) is 38.8 Å². The second kappa shape index (κ2) is 5.87. The number of hydrogen-bond acceptors (Lipinski definition) is 4. The first-order chi connectivity index (χ1) is 8.70. The molecule has 1 atom stereocenters. The molecule has 2 rings (SSSR count). The van der Waals surface area contributed by atoms with Crippen LogP contribution in [0.5, 0.6) is 5.75 Å². The molecular formula is C14H19NO3. The highest BCUT2D eigenvalue weighted by atomic mass is 16.5. The minimum absolute atomic E-state index is 0.0747. The van der Waals surface area contributed by atoms with E-state index in [4.69, 9.17) is 9.47 Å². The van der Waals surface area contributed by atoms with Gasteiger partial charge in [0.2, 0.25) is 0 Å². The maximum Gasteiger partial charge on any atom is 0.157 e. The van der Waals surface area contributed by atoms with E-state index in [0.717, 1.165) is 17.9 Å². The molecule has 1 aromatic carbocycles. The van der Waals surface area contributed by atoms with Crippen molar-refractivity contribution in [1.82, 2.24) is 0 Å². The summed E-state index contributed by atoms with van der Waals surface area (Å²) in [5.74, 6) is 1.15. The first kappa shape index (κ1) is 12.9. The molecule has 0 bridgehead atoms. The lowest BCUT2D eigenvalue weighted by Gasteiger charge is -2.20. The molecule has 1 aliphatic rings. The molecule has 1 aromatic rings. The number of carbonyl (C=O) groups excluding carboxylic acids is 1. The van der Waals surface area contributed by atoms with Crippen LogP contribution in [0.2, 0.25) is 0 Å². The molecule has 4 nitrogen and oxygen atoms in total. The topological polar surface area (TPSA) is 38.8 Å². The Morgan fingerprint density at radius 1 is 1.44 bits per heavy atom. The first-order valence-electron chi connectivity index (χ1n) is 6.16. The summed E-state index contributed by atoms with van der Waals surface area (Å²) < 4.78 is 10.3. The molecule has 1 heterocycles. The minimum atomic E-state index is 0.0747. The quantitative estimate of drug-likeness (QED) is 0.796. The van der Waals surface area contributed by atoms with Crippen LogP contribution in [0.15, 0.2) is 24.3 Å². The van der Waals surface area contributed by atoms with Gasteiger partial charge in [-0.25, -0.2) is 0 Å². The van der Waals surface area contributed by atoms with Crippen molar-refractivity contribution in [2.24, 2.45) is 5.92 Å². The van der Waals surface area contributed by atoms with Crippen molar-refractivity contribution >= 4 is 11.5 Å². The van der Waals surface area contributed by atoms with Crippen molar-refractivity contribution in [3.63, 3.8) is 0 Å². The van der Waals surface area contributed by atoms with Crippen LogP contribution >= 0.6 is 0 Å². The van der Waals surface area contributed by atoms with Crippen molar-refractivity contribution in [1.29, 1.82) is 0 Å². The van der Waals surface area contributed by atoms with E-state index < -0.39 is 0 Å². The van der Waals surface area contributed by atoms with Crippen molar-refractivity contribution < 1.29 is 14.3 Å². The van der Waals surface area contributed by atoms with Crippen LogP contribution in [0, 0.1) is 5.92 Å². The van der Waals surface area contributed by atoms with Crippen LogP contribution < -0.4 is 9.64 Å². The largest absolute Gasteiger partial charge is 0.497 e. The van der Waals surface area contributed by atoms with Crippen LogP contribution in [0.25, 0.3) is 0 Å². The van der Waals surface area contributed by atoms with E-state index in [-0.39, 0.29) is 11.7 Å². The Morgan fingerprint density at radius 3 is 2.72 bits per heavy atom. The molecule has 0 aromatic heterocycles. The molecule has 1 fully saturated rings. The van der Waals surface area contributed by atoms with Gasteiger partial charge in [0.1, 0.15) is 5.75 Å². The molecule has 18 heavy (non-hydrogen) atoms. The fourth-order valence-electron chi connectivity index (χ4n) is 2.08. The number of benzene rings is 1. The summed E-state index contributed by atoms with van der Waals surface area (Å²) in [5, 5.41) is 0. The summed E-state index contributed by atoms with van der Waals surface area (Å²) in [6.07, 6.45) is 0.856. The summed E-state index contributed by atoms with van der Waals surface area (Å²) in [6.45, 7) is 1.72. The third-order valence-electron chi connectivity index (χ3n) is 3.29. The zero-order valence-electron chi connectivity index (χ0n) is 10.9. The summed E-state index contributed by atoms with van der Waals surface area (Å²) in [4.78, 5) is 14.0. The van der Waals surface area contributed by atoms with Gasteiger partial charge in [-0.2, -0.15) is 0 Å². The van der Waals surface area contributed by atoms with Gasteiger partial charge in [-0.15, -0.1) is 0 Å². The molecule has 1 saturated heterocycles. The fourth-order valence-corrected chi connectivity index (χ4v) is 2.08. The van der Waals surface area contributed by atoms with E-state index in [9.17, 15) is 4.79 Å². The van der Waals surface area contributed by atoms with E-state index in [0.29, 0.717) is 19.8 Å². The van der Waals surface area contributed by atoms with Crippen LogP contribution in [0.1, 0.15) is 6.42 Å². The predicted molar refractivity (Wildman–Crippen MR) is 70.2 cm³/mol. The van der Waals surface area contributed by atoms with Crippen molar-refractivity contribution in [2.45, 2.75) is 6.42 Å². The number of rotatable bonds is 5. The maximum atomic E-state index is 12.0. The number of hydrogen-bond donors (Lipinski definition) is 0. The lowest BCUT2D eigenvalue weighted by molar-refractivity contribution is -0.121. The molecule has 0 amide bonds. The number of Topliss-reactive ketones (excluding diaryl/α,β-unsaturated/α-hetero) is 1. The minimum Gasteiger partial charge on any atom is -0.497 e. The summed E-state index contributed by atoms with van der Waals surface area (Å²) in [6, 6.07) is 7.71. The average Bonchev–Trinajstić information content (AvgIpc) is 2.92. The number of nitrogens with zero attached hydrogens (tertiary/aromatic N) is 1. The second-order valence-electron chi connectivity index (χ2n) is 4.58. The molecule has 0 spiro atoms. The third-order valence-corrected chi connectivity index (χ3v) is 3.29. The van der Waals surface area contributed by atoms with Gasteiger partial charge in [0, 0.05) is 25.3 Å². The second-order valence-corrected chi connectivity index (χ2v) is 4.58. The Labute approximate surface area is 107 Å². The Hall–Kier alpha value is -1.55. The average molecular weight is 249 g/mol. The van der Waals surface area contributed by atoms with Gasteiger partial charge < -0.3 is 14.4 Å². The van der Waals surface area contributed by atoms with E-state index in [2.05, 4.69) is 0 Å². The fraction of sp³-hybridized carbons (Fsp3) is 0.500. The van der Waals surface area contributed by atoms with Gasteiger partial charge in [-0.1, -0.05) is 0 Å². The normalized spacial score (nSPS) is 18.7. The van der Waals surface area contributed by atoms with Crippen molar-refractivity contribution in [3.05, 3.63) is 24.3 Å². The molecule has 0 saturated carbocycles. The van der Waals surface area contributed by atoms with Crippen LogP contribution in [-0.4, -0.2) is 39.7 Å². The zero-order valence-corrected chi connectivity index (χ0v) is 10.9. The van der Waals surface area contributed by atoms with Crippen LogP contribution in [0.3, 0.4) is 0 Å². The highest BCUT2D eigenvalue weighted by Gasteiger charge is 2.24. The zero-order chi connectivity index (χ0) is 13.0. The number of anilines is 1. The molecule has 1 unspecified atom stereocenters. The van der Waals surface area contributed by atoms with Gasteiger partial charge in [0.25, 0.3) is 0 Å². The van der Waals surface area contributed by atoms with E-state index in [1.807, 2.05) is 36.2 Å². The lowest BCUT2D eigenvalue weighted by Crippen LogP contribution is -2.30. The van der Waals surface area contributed by atoms with E-state index in [1.165, 1.54) is 0 Å².